The molecule has 0 fully saturated rings. The van der Waals surface area contributed by atoms with E-state index >= 15 is 0 Å². The lowest BCUT2D eigenvalue weighted by molar-refractivity contribution is -0.202. The average molecular weight is 615 g/mol. The lowest BCUT2D eigenvalue weighted by Crippen LogP contribution is -2.38. The van der Waals surface area contributed by atoms with Crippen molar-refractivity contribution >= 4 is 40.1 Å². The molecule has 3 aromatic carbocycles. The molecule has 1 aromatic heterocycles. The van der Waals surface area contributed by atoms with Crippen LogP contribution in [-0.4, -0.2) is 43.2 Å². The van der Waals surface area contributed by atoms with Gasteiger partial charge in [-0.15, -0.1) is 0 Å². The molecule has 0 saturated heterocycles. The number of hydrogen-bond acceptors (Lipinski definition) is 9. The van der Waals surface area contributed by atoms with Gasteiger partial charge in [0.2, 0.25) is 5.91 Å². The Labute approximate surface area is 248 Å². The van der Waals surface area contributed by atoms with Gasteiger partial charge in [0.1, 0.15) is 17.7 Å². The topological polar surface area (TPSA) is 142 Å². The zero-order valence-corrected chi connectivity index (χ0v) is 23.3. The van der Waals surface area contributed by atoms with E-state index in [1.807, 2.05) is 0 Å². The number of carbonyl (C=O) groups is 3. The Morgan fingerprint density at radius 3 is 2.36 bits per heavy atom. The van der Waals surface area contributed by atoms with Gasteiger partial charge in [0.05, 0.1) is 26.7 Å². The predicted molar refractivity (Wildman–Crippen MR) is 151 cm³/mol. The number of benzene rings is 3. The molecule has 14 heteroatoms. The van der Waals surface area contributed by atoms with Crippen LogP contribution in [0.4, 0.5) is 29.1 Å². The van der Waals surface area contributed by atoms with Gasteiger partial charge in [-0.25, -0.2) is 14.2 Å². The molecule has 1 heterocycles. The van der Waals surface area contributed by atoms with Gasteiger partial charge in [-0.1, -0.05) is 24.3 Å². The number of rotatable bonds is 10. The second-order valence-corrected chi connectivity index (χ2v) is 9.37. The number of ether oxygens (including phenoxy) is 3. The highest BCUT2D eigenvalue weighted by molar-refractivity contribution is 5.94. The number of methoxy groups -OCH3 is 2. The number of nitrogen functional groups attached to an aromatic ring is 1. The fraction of sp³-hybridized carbons (Fsp3) is 0.200. The van der Waals surface area contributed by atoms with E-state index in [1.54, 1.807) is 36.4 Å². The normalized spacial score (nSPS) is 12.6. The van der Waals surface area contributed by atoms with Crippen molar-refractivity contribution in [1.29, 1.82) is 0 Å². The molecule has 1 amide bonds. The van der Waals surface area contributed by atoms with E-state index in [9.17, 15) is 31.9 Å². The summed E-state index contributed by atoms with van der Waals surface area (Å²) in [5, 5.41) is 6.97. The first-order chi connectivity index (χ1) is 20.9. The third kappa shape index (κ3) is 7.32. The van der Waals surface area contributed by atoms with Gasteiger partial charge >= 0.3 is 18.1 Å². The summed E-state index contributed by atoms with van der Waals surface area (Å²) < 4.78 is 67.4. The maximum Gasteiger partial charge on any atom is 0.491 e. The smallest absolute Gasteiger partial charge is 0.491 e. The molecule has 10 nitrogen and oxygen atoms in total. The summed E-state index contributed by atoms with van der Waals surface area (Å²) in [4.78, 5) is 41.5. The molecule has 0 spiro atoms. The summed E-state index contributed by atoms with van der Waals surface area (Å²) in [6.07, 6.45) is -4.91. The van der Waals surface area contributed by atoms with E-state index in [2.05, 4.69) is 20.4 Å². The Morgan fingerprint density at radius 1 is 0.955 bits per heavy atom. The number of fused-ring (bicyclic) bond motifs is 1. The van der Waals surface area contributed by atoms with Crippen molar-refractivity contribution < 1.29 is 46.2 Å². The third-order valence-corrected chi connectivity index (χ3v) is 6.52. The Hall–Kier alpha value is -5.40. The quantitative estimate of drug-likeness (QED) is 0.128. The SMILES string of the molecule is COc1ccc(C(Nc2ccc3c(N)nccc3c2)C(=O)N[C@H](CC(=O)OC(=O)C(F)(F)F)c2ccccc2F)cc1OC. The molecule has 4 rings (SSSR count). The molecule has 1 unspecified atom stereocenters. The van der Waals surface area contributed by atoms with Crippen LogP contribution in [0.15, 0.2) is 72.9 Å². The number of nitrogens with two attached hydrogens (primary N) is 1. The van der Waals surface area contributed by atoms with Crippen molar-refractivity contribution in [3.05, 3.63) is 89.9 Å². The maximum absolute atomic E-state index is 14.8. The Bertz CT molecular complexity index is 1700. The van der Waals surface area contributed by atoms with Gasteiger partial charge in [0, 0.05) is 22.8 Å². The second kappa shape index (κ2) is 13.3. The van der Waals surface area contributed by atoms with Crippen LogP contribution in [0.3, 0.4) is 0 Å². The Balaban J connectivity index is 1.71. The summed E-state index contributed by atoms with van der Waals surface area (Å²) >= 11 is 0. The number of anilines is 2. The van der Waals surface area contributed by atoms with Gasteiger partial charge < -0.3 is 30.6 Å². The number of esters is 2. The first kappa shape index (κ1) is 31.5. The molecular formula is C30H26F4N4O6. The fourth-order valence-corrected chi connectivity index (χ4v) is 4.41. The van der Waals surface area contributed by atoms with Crippen molar-refractivity contribution in [2.24, 2.45) is 0 Å². The minimum Gasteiger partial charge on any atom is -0.493 e. The molecule has 0 radical (unpaired) electrons. The Morgan fingerprint density at radius 2 is 1.68 bits per heavy atom. The number of halogens is 4. The fourth-order valence-electron chi connectivity index (χ4n) is 4.41. The van der Waals surface area contributed by atoms with E-state index in [-0.39, 0.29) is 11.3 Å². The lowest BCUT2D eigenvalue weighted by Gasteiger charge is -2.25. The van der Waals surface area contributed by atoms with E-state index < -0.39 is 48.3 Å². The zero-order valence-electron chi connectivity index (χ0n) is 23.3. The minimum atomic E-state index is -5.44. The monoisotopic (exact) mass is 614 g/mol. The average Bonchev–Trinajstić information content (AvgIpc) is 2.99. The molecule has 0 aliphatic rings. The van der Waals surface area contributed by atoms with Crippen LogP contribution in [0, 0.1) is 5.82 Å². The second-order valence-electron chi connectivity index (χ2n) is 9.37. The molecule has 44 heavy (non-hydrogen) atoms. The van der Waals surface area contributed by atoms with Crippen LogP contribution in [0.5, 0.6) is 11.5 Å². The number of aromatic nitrogens is 1. The molecular weight excluding hydrogens is 588 g/mol. The van der Waals surface area contributed by atoms with Crippen molar-refractivity contribution in [3.8, 4) is 11.5 Å². The highest BCUT2D eigenvalue weighted by Crippen LogP contribution is 2.33. The van der Waals surface area contributed by atoms with Gasteiger partial charge in [-0.05, 0) is 53.4 Å². The first-order valence-corrected chi connectivity index (χ1v) is 12.9. The van der Waals surface area contributed by atoms with Crippen LogP contribution in [0.25, 0.3) is 10.8 Å². The van der Waals surface area contributed by atoms with E-state index in [1.165, 1.54) is 44.7 Å². The molecule has 0 aliphatic carbocycles. The van der Waals surface area contributed by atoms with Gasteiger partial charge in [0.25, 0.3) is 0 Å². The van der Waals surface area contributed by atoms with Crippen molar-refractivity contribution in [2.45, 2.75) is 24.7 Å². The van der Waals surface area contributed by atoms with E-state index in [0.717, 1.165) is 6.07 Å². The Kier molecular flexibility index (Phi) is 9.51. The zero-order chi connectivity index (χ0) is 32.0. The largest absolute Gasteiger partial charge is 0.493 e. The summed E-state index contributed by atoms with van der Waals surface area (Å²) in [6.45, 7) is 0. The molecule has 0 bridgehead atoms. The predicted octanol–water partition coefficient (Wildman–Crippen LogP) is 5.01. The van der Waals surface area contributed by atoms with Crippen LogP contribution >= 0.6 is 0 Å². The maximum atomic E-state index is 14.8. The number of nitrogens with one attached hydrogen (secondary N) is 2. The van der Waals surface area contributed by atoms with Crippen molar-refractivity contribution in [3.63, 3.8) is 0 Å². The summed E-state index contributed by atoms with van der Waals surface area (Å²) in [5.74, 6) is -5.09. The summed E-state index contributed by atoms with van der Waals surface area (Å²) in [6, 6.07) is 13.7. The lowest BCUT2D eigenvalue weighted by atomic mass is 10.00. The van der Waals surface area contributed by atoms with Crippen molar-refractivity contribution in [1.82, 2.24) is 10.3 Å². The van der Waals surface area contributed by atoms with Crippen LogP contribution < -0.4 is 25.8 Å². The van der Waals surface area contributed by atoms with Gasteiger partial charge in [-0.2, -0.15) is 13.2 Å². The molecule has 4 N–H and O–H groups in total. The summed E-state index contributed by atoms with van der Waals surface area (Å²) in [5.41, 5.74) is 6.52. The van der Waals surface area contributed by atoms with E-state index in [4.69, 9.17) is 15.2 Å². The van der Waals surface area contributed by atoms with Crippen LogP contribution in [-0.2, 0) is 19.1 Å². The minimum absolute atomic E-state index is 0.225. The molecule has 0 aliphatic heterocycles. The number of pyridine rings is 1. The number of hydrogen-bond donors (Lipinski definition) is 3. The molecule has 2 atom stereocenters. The van der Waals surface area contributed by atoms with E-state index in [0.29, 0.717) is 33.6 Å². The number of carbonyl (C=O) groups excluding carboxylic acids is 3. The highest BCUT2D eigenvalue weighted by Gasteiger charge is 2.43. The molecule has 0 saturated carbocycles. The highest BCUT2D eigenvalue weighted by atomic mass is 19.4. The van der Waals surface area contributed by atoms with Gasteiger partial charge in [-0.3, -0.25) is 9.59 Å². The number of nitrogens with zero attached hydrogens (tertiary/aromatic N) is 1. The van der Waals surface area contributed by atoms with Crippen molar-refractivity contribution in [2.75, 3.05) is 25.3 Å². The molecule has 230 valence electrons. The van der Waals surface area contributed by atoms with Crippen LogP contribution in [0.2, 0.25) is 0 Å². The van der Waals surface area contributed by atoms with Crippen LogP contribution in [0.1, 0.15) is 29.6 Å². The third-order valence-electron chi connectivity index (χ3n) is 6.52. The van der Waals surface area contributed by atoms with Gasteiger partial charge in [0.15, 0.2) is 11.5 Å². The standard InChI is InChI=1S/C30H26F4N4O6/c1-42-23-10-7-17(14-24(23)43-2)26(37-18-8-9-19-16(13-18)11-12-36-27(19)35)28(40)38-22(20-5-3-4-6-21(20)31)15-25(39)44-29(41)30(32,33)34/h3-14,22,26,37H,15H2,1-2H3,(H2,35,36)(H,38,40)/t22-,26?/m1/s1. The number of alkyl halides is 3. The summed E-state index contributed by atoms with van der Waals surface area (Å²) in [7, 11) is 2.82. The number of amides is 1. The molecule has 4 aromatic rings. The first-order valence-electron chi connectivity index (χ1n) is 12.9.